The number of rotatable bonds is 8. The standard InChI is InChI=1S/C64H47N/c1-63(2)58-32-14-12-29-55(58)56-40-39-53(43-61(56)63)65(51-27-16-21-47(41-51)46-37-35-45(36-38-46)44-19-6-3-7-20-44)52-28-17-22-48(42-52)54-31-18-34-60-62(54)57-30-13-15-33-59(57)64(60,49-23-8-4-9-24-49)50-25-10-5-11-26-50/h3-43H,1-2H3. The summed E-state index contributed by atoms with van der Waals surface area (Å²) in [4.78, 5) is 2.46. The molecule has 0 N–H and O–H groups in total. The summed E-state index contributed by atoms with van der Waals surface area (Å²) in [5.41, 5.74) is 23.0. The first-order valence-corrected chi connectivity index (χ1v) is 22.8. The van der Waals surface area contributed by atoms with Gasteiger partial charge in [-0.2, -0.15) is 0 Å². The maximum absolute atomic E-state index is 2.46. The molecule has 10 aromatic rings. The van der Waals surface area contributed by atoms with E-state index in [1.165, 1.54) is 89.0 Å². The Morgan fingerprint density at radius 1 is 0.277 bits per heavy atom. The third-order valence-electron chi connectivity index (χ3n) is 14.2. The number of fused-ring (bicyclic) bond motifs is 6. The summed E-state index contributed by atoms with van der Waals surface area (Å²) >= 11 is 0. The monoisotopic (exact) mass is 829 g/mol. The molecule has 0 heterocycles. The van der Waals surface area contributed by atoms with Gasteiger partial charge in [0, 0.05) is 22.5 Å². The van der Waals surface area contributed by atoms with Gasteiger partial charge in [0.25, 0.3) is 0 Å². The molecule has 0 aromatic heterocycles. The van der Waals surface area contributed by atoms with Gasteiger partial charge in [0.1, 0.15) is 0 Å². The van der Waals surface area contributed by atoms with Crippen molar-refractivity contribution in [3.8, 4) is 55.6 Å². The second-order valence-electron chi connectivity index (χ2n) is 18.0. The lowest BCUT2D eigenvalue weighted by Crippen LogP contribution is -2.28. The van der Waals surface area contributed by atoms with E-state index in [0.717, 1.165) is 17.1 Å². The zero-order valence-corrected chi connectivity index (χ0v) is 36.6. The Balaban J connectivity index is 1.03. The largest absolute Gasteiger partial charge is 0.310 e. The average molecular weight is 830 g/mol. The molecule has 2 aliphatic carbocycles. The van der Waals surface area contributed by atoms with Crippen LogP contribution >= 0.6 is 0 Å². The number of hydrogen-bond acceptors (Lipinski definition) is 1. The summed E-state index contributed by atoms with van der Waals surface area (Å²) in [6.07, 6.45) is 0. The highest BCUT2D eigenvalue weighted by molar-refractivity contribution is 5.96. The van der Waals surface area contributed by atoms with Crippen LogP contribution in [0.25, 0.3) is 55.6 Å². The second kappa shape index (κ2) is 15.4. The van der Waals surface area contributed by atoms with Gasteiger partial charge in [0.15, 0.2) is 0 Å². The van der Waals surface area contributed by atoms with Gasteiger partial charge in [0.05, 0.1) is 5.41 Å². The Hall–Kier alpha value is -8.00. The molecule has 0 saturated carbocycles. The Bertz CT molecular complexity index is 3340. The number of anilines is 3. The Labute approximate surface area is 382 Å². The third-order valence-corrected chi connectivity index (χ3v) is 14.2. The fourth-order valence-electron chi connectivity index (χ4n) is 11.1. The van der Waals surface area contributed by atoms with Crippen LogP contribution in [0.1, 0.15) is 47.2 Å². The number of benzene rings is 10. The van der Waals surface area contributed by atoms with Crippen LogP contribution in [0.4, 0.5) is 17.1 Å². The van der Waals surface area contributed by atoms with Gasteiger partial charge in [0.2, 0.25) is 0 Å². The average Bonchev–Trinajstić information content (AvgIpc) is 3.81. The minimum atomic E-state index is -0.470. The topological polar surface area (TPSA) is 3.24 Å². The molecule has 1 nitrogen and oxygen atoms in total. The van der Waals surface area contributed by atoms with Crippen molar-refractivity contribution in [1.82, 2.24) is 0 Å². The van der Waals surface area contributed by atoms with Crippen LogP contribution in [0.15, 0.2) is 249 Å². The molecule has 0 aliphatic heterocycles. The maximum atomic E-state index is 2.46. The lowest BCUT2D eigenvalue weighted by Gasteiger charge is -2.34. The number of hydrogen-bond donors (Lipinski definition) is 0. The van der Waals surface area contributed by atoms with E-state index in [1.54, 1.807) is 0 Å². The molecule has 0 saturated heterocycles. The van der Waals surface area contributed by atoms with Crippen molar-refractivity contribution < 1.29 is 0 Å². The fraction of sp³-hybridized carbons (Fsp3) is 0.0625. The molecular weight excluding hydrogens is 783 g/mol. The van der Waals surface area contributed by atoms with Gasteiger partial charge in [-0.05, 0) is 125 Å². The summed E-state index contributed by atoms with van der Waals surface area (Å²) in [6, 6.07) is 92.0. The molecular formula is C64H47N. The van der Waals surface area contributed by atoms with Gasteiger partial charge in [-0.15, -0.1) is 0 Å². The highest BCUT2D eigenvalue weighted by atomic mass is 15.1. The van der Waals surface area contributed by atoms with Gasteiger partial charge in [-0.25, -0.2) is 0 Å². The molecule has 65 heavy (non-hydrogen) atoms. The van der Waals surface area contributed by atoms with Crippen LogP contribution in [0.3, 0.4) is 0 Å². The molecule has 12 rings (SSSR count). The summed E-state index contributed by atoms with van der Waals surface area (Å²) in [5, 5.41) is 0. The molecule has 0 amide bonds. The smallest absolute Gasteiger partial charge is 0.0713 e. The molecule has 0 atom stereocenters. The van der Waals surface area contributed by atoms with Gasteiger partial charge < -0.3 is 4.90 Å². The van der Waals surface area contributed by atoms with E-state index < -0.39 is 5.41 Å². The summed E-state index contributed by atoms with van der Waals surface area (Å²) in [7, 11) is 0. The minimum absolute atomic E-state index is 0.139. The molecule has 0 radical (unpaired) electrons. The molecule has 0 fully saturated rings. The van der Waals surface area contributed by atoms with E-state index >= 15 is 0 Å². The fourth-order valence-corrected chi connectivity index (χ4v) is 11.1. The van der Waals surface area contributed by atoms with Crippen molar-refractivity contribution in [3.05, 3.63) is 282 Å². The van der Waals surface area contributed by atoms with Crippen molar-refractivity contribution in [1.29, 1.82) is 0 Å². The predicted molar refractivity (Wildman–Crippen MR) is 272 cm³/mol. The van der Waals surface area contributed by atoms with Crippen LogP contribution in [0.5, 0.6) is 0 Å². The highest BCUT2D eigenvalue weighted by Gasteiger charge is 2.46. The first kappa shape index (κ1) is 38.7. The Morgan fingerprint density at radius 2 is 0.723 bits per heavy atom. The second-order valence-corrected chi connectivity index (χ2v) is 18.0. The van der Waals surface area contributed by atoms with E-state index in [4.69, 9.17) is 0 Å². The SMILES string of the molecule is CC1(C)c2ccccc2-c2ccc(N(c3cccc(-c4ccc(-c5ccccc5)cc4)c3)c3cccc(-c4cccc5c4-c4ccccc4C5(c4ccccc4)c4ccccc4)c3)cc21. The molecule has 0 unspecified atom stereocenters. The number of nitrogens with zero attached hydrogens (tertiary/aromatic N) is 1. The third kappa shape index (κ3) is 6.15. The lowest BCUT2D eigenvalue weighted by atomic mass is 9.67. The van der Waals surface area contributed by atoms with Crippen molar-refractivity contribution >= 4 is 17.1 Å². The van der Waals surface area contributed by atoms with Gasteiger partial charge >= 0.3 is 0 Å². The molecule has 10 aromatic carbocycles. The molecule has 308 valence electrons. The van der Waals surface area contributed by atoms with E-state index in [2.05, 4.69) is 267 Å². The Kier molecular flexibility index (Phi) is 9.14. The summed E-state index contributed by atoms with van der Waals surface area (Å²) in [6.45, 7) is 4.73. The van der Waals surface area contributed by atoms with E-state index in [-0.39, 0.29) is 5.41 Å². The van der Waals surface area contributed by atoms with Crippen LogP contribution in [0, 0.1) is 0 Å². The van der Waals surface area contributed by atoms with Gasteiger partial charge in [-0.3, -0.25) is 0 Å². The zero-order chi connectivity index (χ0) is 43.5. The van der Waals surface area contributed by atoms with E-state index in [9.17, 15) is 0 Å². The van der Waals surface area contributed by atoms with Crippen LogP contribution in [-0.2, 0) is 10.8 Å². The van der Waals surface area contributed by atoms with Crippen molar-refractivity contribution in [2.75, 3.05) is 4.90 Å². The predicted octanol–water partition coefficient (Wildman–Crippen LogP) is 16.8. The normalized spacial score (nSPS) is 13.6. The Morgan fingerprint density at radius 3 is 1.40 bits per heavy atom. The van der Waals surface area contributed by atoms with Crippen LogP contribution in [0.2, 0.25) is 0 Å². The first-order valence-electron chi connectivity index (χ1n) is 22.8. The molecule has 2 aliphatic rings. The van der Waals surface area contributed by atoms with E-state index in [1.807, 2.05) is 0 Å². The molecule has 0 bridgehead atoms. The van der Waals surface area contributed by atoms with Crippen molar-refractivity contribution in [2.24, 2.45) is 0 Å². The van der Waals surface area contributed by atoms with E-state index in [0.29, 0.717) is 0 Å². The van der Waals surface area contributed by atoms with Crippen LogP contribution in [-0.4, -0.2) is 0 Å². The molecule has 1 heteroatoms. The first-order chi connectivity index (χ1) is 32.0. The van der Waals surface area contributed by atoms with Crippen molar-refractivity contribution in [3.63, 3.8) is 0 Å². The zero-order valence-electron chi connectivity index (χ0n) is 36.6. The van der Waals surface area contributed by atoms with Crippen LogP contribution < -0.4 is 4.90 Å². The maximum Gasteiger partial charge on any atom is 0.0713 e. The summed E-state index contributed by atoms with van der Waals surface area (Å²) < 4.78 is 0. The lowest BCUT2D eigenvalue weighted by molar-refractivity contribution is 0.660. The van der Waals surface area contributed by atoms with Gasteiger partial charge in [-0.1, -0.05) is 226 Å². The quantitative estimate of drug-likeness (QED) is 0.147. The molecule has 0 spiro atoms. The minimum Gasteiger partial charge on any atom is -0.310 e. The highest BCUT2D eigenvalue weighted by Crippen LogP contribution is 2.58. The van der Waals surface area contributed by atoms with Crippen molar-refractivity contribution in [2.45, 2.75) is 24.7 Å². The summed E-state index contributed by atoms with van der Waals surface area (Å²) in [5.74, 6) is 0.